The topological polar surface area (TPSA) is 149 Å². The van der Waals surface area contributed by atoms with Gasteiger partial charge in [-0.25, -0.2) is 19.2 Å². The van der Waals surface area contributed by atoms with Crippen molar-refractivity contribution in [3.63, 3.8) is 0 Å². The fraction of sp³-hybridized carbons (Fsp3) is 0. The van der Waals surface area contributed by atoms with Gasteiger partial charge in [0.1, 0.15) is 0 Å². The first kappa shape index (κ1) is 21.8. The molecule has 2 aromatic rings. The van der Waals surface area contributed by atoms with E-state index in [1.807, 2.05) is 0 Å². The zero-order chi connectivity index (χ0) is 18.3. The van der Waals surface area contributed by atoms with Crippen LogP contribution in [0.15, 0.2) is 48.5 Å². The van der Waals surface area contributed by atoms with Gasteiger partial charge in [-0.05, 0) is 48.5 Å². The molecule has 2 rings (SSSR count). The summed E-state index contributed by atoms with van der Waals surface area (Å²) >= 11 is 0. The molecule has 0 fully saturated rings. The maximum Gasteiger partial charge on any atom is 0.335 e. The predicted octanol–water partition coefficient (Wildman–Crippen LogP) is 2.16. The number of hydrogen-bond acceptors (Lipinski definition) is 4. The smallest absolute Gasteiger partial charge is 0.335 e. The standard InChI is InChI=1S/2C8H6O4.Co/c2*9-7(10)5-1-2-6(4-3-5)8(11)12;/h2*1-4H,(H,9,10)(H,11,12);. The zero-order valence-corrected chi connectivity index (χ0v) is 13.4. The number of carboxylic acid groups (broad SMARTS) is 4. The van der Waals surface area contributed by atoms with Crippen LogP contribution >= 0.6 is 0 Å². The Morgan fingerprint density at radius 3 is 0.640 bits per heavy atom. The summed E-state index contributed by atoms with van der Waals surface area (Å²) in [4.78, 5) is 41.3. The van der Waals surface area contributed by atoms with Crippen LogP contribution in [-0.2, 0) is 16.8 Å². The van der Waals surface area contributed by atoms with Gasteiger partial charge < -0.3 is 20.4 Å². The zero-order valence-electron chi connectivity index (χ0n) is 12.4. The molecule has 0 heterocycles. The van der Waals surface area contributed by atoms with Gasteiger partial charge in [-0.3, -0.25) is 0 Å². The Balaban J connectivity index is 0.000000443. The molecule has 0 aliphatic rings. The third-order valence-corrected chi connectivity index (χ3v) is 2.76. The second-order valence-corrected chi connectivity index (χ2v) is 4.38. The van der Waals surface area contributed by atoms with Gasteiger partial charge in [0.05, 0.1) is 22.3 Å². The summed E-state index contributed by atoms with van der Waals surface area (Å²) in [5, 5.41) is 33.9. The molecule has 0 aliphatic carbocycles. The molecule has 8 nitrogen and oxygen atoms in total. The van der Waals surface area contributed by atoms with E-state index in [1.54, 1.807) is 0 Å². The van der Waals surface area contributed by atoms with Crippen LogP contribution in [0.1, 0.15) is 41.4 Å². The molecule has 0 spiro atoms. The van der Waals surface area contributed by atoms with Crippen molar-refractivity contribution in [2.45, 2.75) is 0 Å². The van der Waals surface area contributed by atoms with Gasteiger partial charge in [0, 0.05) is 16.8 Å². The third kappa shape index (κ3) is 6.85. The Kier molecular flexibility index (Phi) is 8.60. The van der Waals surface area contributed by atoms with Gasteiger partial charge in [0.15, 0.2) is 0 Å². The van der Waals surface area contributed by atoms with Gasteiger partial charge in [-0.1, -0.05) is 0 Å². The van der Waals surface area contributed by atoms with Crippen LogP contribution in [0.2, 0.25) is 0 Å². The average Bonchev–Trinajstić information content (AvgIpc) is 2.55. The van der Waals surface area contributed by atoms with E-state index in [9.17, 15) is 19.2 Å². The maximum absolute atomic E-state index is 10.3. The first-order valence-corrected chi connectivity index (χ1v) is 6.35. The first-order valence-electron chi connectivity index (χ1n) is 6.35. The monoisotopic (exact) mass is 391 g/mol. The molecular formula is C16H12CoO8. The van der Waals surface area contributed by atoms with Gasteiger partial charge in [-0.15, -0.1) is 0 Å². The number of benzene rings is 2. The van der Waals surface area contributed by atoms with Crippen molar-refractivity contribution in [3.8, 4) is 0 Å². The second-order valence-electron chi connectivity index (χ2n) is 4.38. The normalized spacial score (nSPS) is 8.96. The van der Waals surface area contributed by atoms with E-state index in [1.165, 1.54) is 48.5 Å². The minimum absolute atomic E-state index is 0. The number of rotatable bonds is 4. The molecule has 0 bridgehead atoms. The molecule has 25 heavy (non-hydrogen) atoms. The molecular weight excluding hydrogens is 379 g/mol. The van der Waals surface area contributed by atoms with Crippen molar-refractivity contribution in [1.29, 1.82) is 0 Å². The van der Waals surface area contributed by atoms with Gasteiger partial charge >= 0.3 is 23.9 Å². The Morgan fingerprint density at radius 1 is 0.440 bits per heavy atom. The molecule has 9 heteroatoms. The Hall–Kier alpha value is -3.17. The quantitative estimate of drug-likeness (QED) is 0.619. The number of carboxylic acids is 4. The minimum Gasteiger partial charge on any atom is -0.478 e. The summed E-state index contributed by atoms with van der Waals surface area (Å²) in [6.07, 6.45) is 0. The van der Waals surface area contributed by atoms with Gasteiger partial charge in [-0.2, -0.15) is 0 Å². The molecule has 0 saturated heterocycles. The van der Waals surface area contributed by atoms with E-state index in [4.69, 9.17) is 20.4 Å². The van der Waals surface area contributed by atoms with Gasteiger partial charge in [0.2, 0.25) is 0 Å². The van der Waals surface area contributed by atoms with E-state index in [0.717, 1.165) is 0 Å². The van der Waals surface area contributed by atoms with Crippen LogP contribution in [0.3, 0.4) is 0 Å². The molecule has 4 N–H and O–H groups in total. The molecule has 0 unspecified atom stereocenters. The number of carbonyl (C=O) groups is 4. The third-order valence-electron chi connectivity index (χ3n) is 2.76. The number of aromatic carboxylic acids is 4. The van der Waals surface area contributed by atoms with Crippen LogP contribution in [0.25, 0.3) is 0 Å². The fourth-order valence-electron chi connectivity index (χ4n) is 1.51. The van der Waals surface area contributed by atoms with Crippen LogP contribution < -0.4 is 0 Å². The Bertz CT molecular complexity index is 632. The fourth-order valence-corrected chi connectivity index (χ4v) is 1.51. The summed E-state index contributed by atoms with van der Waals surface area (Å²) < 4.78 is 0. The Labute approximate surface area is 151 Å². The summed E-state index contributed by atoms with van der Waals surface area (Å²) in [7, 11) is 0. The Morgan fingerprint density at radius 2 is 0.560 bits per heavy atom. The molecule has 0 aromatic heterocycles. The molecule has 1 radical (unpaired) electrons. The predicted molar refractivity (Wildman–Crippen MR) is 80.7 cm³/mol. The summed E-state index contributed by atoms with van der Waals surface area (Å²) in [5.41, 5.74) is 0.333. The molecule has 2 aromatic carbocycles. The minimum atomic E-state index is -1.06. The van der Waals surface area contributed by atoms with Crippen molar-refractivity contribution in [2.75, 3.05) is 0 Å². The van der Waals surface area contributed by atoms with Crippen molar-refractivity contribution in [2.24, 2.45) is 0 Å². The van der Waals surface area contributed by atoms with Crippen molar-refractivity contribution < 1.29 is 56.4 Å². The maximum atomic E-state index is 10.3. The molecule has 133 valence electrons. The van der Waals surface area contributed by atoms with Crippen molar-refractivity contribution >= 4 is 23.9 Å². The van der Waals surface area contributed by atoms with Crippen LogP contribution in [-0.4, -0.2) is 44.3 Å². The van der Waals surface area contributed by atoms with E-state index in [2.05, 4.69) is 0 Å². The van der Waals surface area contributed by atoms with Crippen LogP contribution in [0.5, 0.6) is 0 Å². The summed E-state index contributed by atoms with van der Waals surface area (Å²) in [6, 6.07) is 10.0. The van der Waals surface area contributed by atoms with Crippen LogP contribution in [0, 0.1) is 0 Å². The summed E-state index contributed by atoms with van der Waals surface area (Å²) in [5.74, 6) is -4.25. The SMILES string of the molecule is O=C(O)c1ccc(C(=O)O)cc1.O=C(O)c1ccc(C(=O)O)cc1.[Co]. The van der Waals surface area contributed by atoms with Crippen molar-refractivity contribution in [1.82, 2.24) is 0 Å². The summed E-state index contributed by atoms with van der Waals surface area (Å²) in [6.45, 7) is 0. The van der Waals surface area contributed by atoms with E-state index >= 15 is 0 Å². The first-order chi connectivity index (χ1) is 11.2. The van der Waals surface area contributed by atoms with E-state index < -0.39 is 23.9 Å². The van der Waals surface area contributed by atoms with Gasteiger partial charge in [0.25, 0.3) is 0 Å². The van der Waals surface area contributed by atoms with Crippen molar-refractivity contribution in [3.05, 3.63) is 70.8 Å². The average molecular weight is 391 g/mol. The van der Waals surface area contributed by atoms with E-state index in [-0.39, 0.29) is 39.0 Å². The largest absolute Gasteiger partial charge is 0.478 e. The van der Waals surface area contributed by atoms with Crippen LogP contribution in [0.4, 0.5) is 0 Å². The molecule has 0 saturated carbocycles. The second kappa shape index (κ2) is 9.85. The molecule has 0 aliphatic heterocycles. The number of hydrogen-bond donors (Lipinski definition) is 4. The molecule has 0 atom stereocenters. The van der Waals surface area contributed by atoms with E-state index in [0.29, 0.717) is 0 Å². The molecule has 0 amide bonds.